The number of likely N-dealkylation sites (N-methyl/N-ethyl adjacent to an activating group) is 1. The fraction of sp³-hybridized carbons (Fsp3) is 0.714. The quantitative estimate of drug-likeness (QED) is 0.774. The topological polar surface area (TPSA) is 31.6 Å². The first-order valence-electron chi connectivity index (χ1n) is 6.95. The second-order valence-electron chi connectivity index (χ2n) is 5.10. The van der Waals surface area contributed by atoms with Gasteiger partial charge < -0.3 is 14.6 Å². The normalized spacial score (nSPS) is 22.4. The first-order chi connectivity index (χ1) is 8.79. The maximum Gasteiger partial charge on any atom is 0.117 e. The van der Waals surface area contributed by atoms with Gasteiger partial charge in [0.05, 0.1) is 12.8 Å². The summed E-state index contributed by atoms with van der Waals surface area (Å²) in [6.07, 6.45) is 2.97. The van der Waals surface area contributed by atoms with Crippen LogP contribution in [0.3, 0.4) is 0 Å². The third kappa shape index (κ3) is 3.83. The van der Waals surface area contributed by atoms with Crippen LogP contribution in [-0.2, 0) is 6.54 Å². The summed E-state index contributed by atoms with van der Waals surface area (Å²) in [7, 11) is 2.24. The summed E-state index contributed by atoms with van der Waals surface area (Å²) >= 11 is 0. The Bertz CT molecular complexity index is 326. The van der Waals surface area contributed by atoms with Gasteiger partial charge in [-0.2, -0.15) is 0 Å². The molecule has 2 heterocycles. The van der Waals surface area contributed by atoms with Gasteiger partial charge in [0.15, 0.2) is 0 Å². The van der Waals surface area contributed by atoms with E-state index < -0.39 is 0 Å². The van der Waals surface area contributed by atoms with Crippen LogP contribution in [0.1, 0.15) is 19.1 Å². The van der Waals surface area contributed by atoms with Crippen LogP contribution in [0.4, 0.5) is 0 Å². The molecule has 0 aromatic carbocycles. The largest absolute Gasteiger partial charge is 0.468 e. The van der Waals surface area contributed by atoms with E-state index >= 15 is 0 Å². The lowest BCUT2D eigenvalue weighted by Gasteiger charge is -2.39. The minimum atomic E-state index is 0.726. The molecule has 102 valence electrons. The van der Waals surface area contributed by atoms with Gasteiger partial charge in [0.1, 0.15) is 5.76 Å². The van der Waals surface area contributed by atoms with Crippen LogP contribution < -0.4 is 5.32 Å². The van der Waals surface area contributed by atoms with Crippen LogP contribution in [0.5, 0.6) is 0 Å². The summed E-state index contributed by atoms with van der Waals surface area (Å²) in [6.45, 7) is 8.85. The highest BCUT2D eigenvalue weighted by Gasteiger charge is 2.21. The Morgan fingerprint density at radius 2 is 2.33 bits per heavy atom. The minimum absolute atomic E-state index is 0.726. The van der Waals surface area contributed by atoms with E-state index in [1.807, 2.05) is 12.1 Å². The molecule has 4 heteroatoms. The Labute approximate surface area is 110 Å². The van der Waals surface area contributed by atoms with Gasteiger partial charge in [-0.25, -0.2) is 0 Å². The van der Waals surface area contributed by atoms with Crippen molar-refractivity contribution in [3.8, 4) is 0 Å². The molecule has 1 unspecified atom stereocenters. The standard InChI is InChI=1S/C14H25N3O/c1-3-13-12-17(9-8-16(13)2)7-6-15-11-14-5-4-10-18-14/h4-5,10,13,15H,3,6-9,11-12H2,1-2H3. The van der Waals surface area contributed by atoms with Gasteiger partial charge in [-0.1, -0.05) is 6.92 Å². The Morgan fingerprint density at radius 1 is 1.44 bits per heavy atom. The van der Waals surface area contributed by atoms with Crippen molar-refractivity contribution in [2.75, 3.05) is 39.8 Å². The molecular formula is C14H25N3O. The minimum Gasteiger partial charge on any atom is -0.468 e. The van der Waals surface area contributed by atoms with Crippen molar-refractivity contribution in [3.63, 3.8) is 0 Å². The maximum absolute atomic E-state index is 5.29. The summed E-state index contributed by atoms with van der Waals surface area (Å²) in [5.41, 5.74) is 0. The zero-order chi connectivity index (χ0) is 12.8. The third-order valence-electron chi connectivity index (χ3n) is 3.82. The van der Waals surface area contributed by atoms with E-state index in [0.717, 1.165) is 31.4 Å². The molecule has 0 aliphatic carbocycles. The third-order valence-corrected chi connectivity index (χ3v) is 3.82. The molecule has 1 N–H and O–H groups in total. The smallest absolute Gasteiger partial charge is 0.117 e. The van der Waals surface area contributed by atoms with Gasteiger partial charge in [0, 0.05) is 38.8 Å². The van der Waals surface area contributed by atoms with Crippen LogP contribution in [-0.4, -0.2) is 55.6 Å². The van der Waals surface area contributed by atoms with E-state index in [9.17, 15) is 0 Å². The predicted octanol–water partition coefficient (Wildman–Crippen LogP) is 1.40. The van der Waals surface area contributed by atoms with Gasteiger partial charge in [0.25, 0.3) is 0 Å². The Hall–Kier alpha value is -0.840. The van der Waals surface area contributed by atoms with Crippen molar-refractivity contribution in [3.05, 3.63) is 24.2 Å². The van der Waals surface area contributed by atoms with Crippen molar-refractivity contribution in [1.29, 1.82) is 0 Å². The molecule has 18 heavy (non-hydrogen) atoms. The second kappa shape index (κ2) is 6.92. The van der Waals surface area contributed by atoms with Crippen LogP contribution in [0.25, 0.3) is 0 Å². The maximum atomic E-state index is 5.29. The van der Waals surface area contributed by atoms with Crippen molar-refractivity contribution in [2.24, 2.45) is 0 Å². The van der Waals surface area contributed by atoms with Crippen LogP contribution >= 0.6 is 0 Å². The molecule has 1 fully saturated rings. The number of hydrogen-bond acceptors (Lipinski definition) is 4. The Kier molecular flexibility index (Phi) is 5.23. The first kappa shape index (κ1) is 13.6. The number of nitrogens with one attached hydrogen (secondary N) is 1. The molecule has 0 saturated carbocycles. The van der Waals surface area contributed by atoms with Crippen molar-refractivity contribution in [1.82, 2.24) is 15.1 Å². The zero-order valence-electron chi connectivity index (χ0n) is 11.6. The van der Waals surface area contributed by atoms with Crippen LogP contribution in [0, 0.1) is 0 Å². The fourth-order valence-electron chi connectivity index (χ4n) is 2.52. The molecule has 1 atom stereocenters. The molecule has 1 saturated heterocycles. The number of hydrogen-bond donors (Lipinski definition) is 1. The fourth-order valence-corrected chi connectivity index (χ4v) is 2.52. The first-order valence-corrected chi connectivity index (χ1v) is 6.95. The highest BCUT2D eigenvalue weighted by atomic mass is 16.3. The molecule has 1 aliphatic rings. The molecule has 1 aromatic rings. The predicted molar refractivity (Wildman–Crippen MR) is 73.6 cm³/mol. The summed E-state index contributed by atoms with van der Waals surface area (Å²) in [5.74, 6) is 1.01. The van der Waals surface area contributed by atoms with Gasteiger partial charge >= 0.3 is 0 Å². The summed E-state index contributed by atoms with van der Waals surface area (Å²) < 4.78 is 5.29. The summed E-state index contributed by atoms with van der Waals surface area (Å²) in [4.78, 5) is 5.04. The lowest BCUT2D eigenvalue weighted by molar-refractivity contribution is 0.0938. The van der Waals surface area contributed by atoms with E-state index in [-0.39, 0.29) is 0 Å². The molecule has 0 radical (unpaired) electrons. The SMILES string of the molecule is CCC1CN(CCNCc2ccco2)CCN1C. The number of furan rings is 1. The van der Waals surface area contributed by atoms with E-state index in [1.165, 1.54) is 26.1 Å². The lowest BCUT2D eigenvalue weighted by atomic mass is 10.1. The summed E-state index contributed by atoms with van der Waals surface area (Å²) in [5, 5.41) is 3.43. The van der Waals surface area contributed by atoms with E-state index in [2.05, 4.69) is 29.1 Å². The zero-order valence-corrected chi connectivity index (χ0v) is 11.6. The number of piperazine rings is 1. The van der Waals surface area contributed by atoms with E-state index in [0.29, 0.717) is 0 Å². The van der Waals surface area contributed by atoms with Gasteiger partial charge in [-0.15, -0.1) is 0 Å². The van der Waals surface area contributed by atoms with E-state index in [1.54, 1.807) is 6.26 Å². The molecule has 1 aromatic heterocycles. The van der Waals surface area contributed by atoms with Gasteiger partial charge in [0.2, 0.25) is 0 Å². The van der Waals surface area contributed by atoms with Gasteiger partial charge in [-0.3, -0.25) is 4.90 Å². The molecular weight excluding hydrogens is 226 g/mol. The Morgan fingerprint density at radius 3 is 3.06 bits per heavy atom. The second-order valence-corrected chi connectivity index (χ2v) is 5.10. The average molecular weight is 251 g/mol. The highest BCUT2D eigenvalue weighted by molar-refractivity contribution is 4.97. The Balaban J connectivity index is 1.62. The van der Waals surface area contributed by atoms with Gasteiger partial charge in [-0.05, 0) is 25.6 Å². The highest BCUT2D eigenvalue weighted by Crippen LogP contribution is 2.09. The van der Waals surface area contributed by atoms with Crippen molar-refractivity contribution >= 4 is 0 Å². The molecule has 0 spiro atoms. The average Bonchev–Trinajstić information content (AvgIpc) is 2.89. The number of rotatable bonds is 6. The lowest BCUT2D eigenvalue weighted by Crippen LogP contribution is -2.52. The van der Waals surface area contributed by atoms with Crippen LogP contribution in [0.2, 0.25) is 0 Å². The van der Waals surface area contributed by atoms with E-state index in [4.69, 9.17) is 4.42 Å². The molecule has 1 aliphatic heterocycles. The van der Waals surface area contributed by atoms with Crippen LogP contribution in [0.15, 0.2) is 22.8 Å². The monoisotopic (exact) mass is 251 g/mol. The van der Waals surface area contributed by atoms with Crippen molar-refractivity contribution in [2.45, 2.75) is 25.9 Å². The molecule has 0 bridgehead atoms. The molecule has 2 rings (SSSR count). The number of nitrogens with zero attached hydrogens (tertiary/aromatic N) is 2. The molecule has 0 amide bonds. The van der Waals surface area contributed by atoms with Crippen molar-refractivity contribution < 1.29 is 4.42 Å². The summed E-state index contributed by atoms with van der Waals surface area (Å²) in [6, 6.07) is 4.67. The molecule has 4 nitrogen and oxygen atoms in total.